The van der Waals surface area contributed by atoms with Crippen molar-refractivity contribution in [3.8, 4) is 11.5 Å². The molecule has 0 aromatic heterocycles. The van der Waals surface area contributed by atoms with Crippen LogP contribution in [0.4, 0.5) is 0 Å². The van der Waals surface area contributed by atoms with Gasteiger partial charge in [0.25, 0.3) is 0 Å². The molecule has 0 amide bonds. The predicted molar refractivity (Wildman–Crippen MR) is 54.8 cm³/mol. The average molecular weight is 193 g/mol. The Bertz CT molecular complexity index is 349. The number of phenols is 1. The summed E-state index contributed by atoms with van der Waals surface area (Å²) in [6, 6.07) is 3.90. The molecule has 0 aliphatic carbocycles. The average Bonchev–Trinajstić information content (AvgIpc) is 2.17. The van der Waals surface area contributed by atoms with E-state index >= 15 is 0 Å². The normalized spacial score (nSPS) is 20.3. The summed E-state index contributed by atoms with van der Waals surface area (Å²) >= 11 is 0. The minimum absolute atomic E-state index is 0.227. The SMILES string of the molecule is COc1cc(O)c2c(c1)CCNC2C. The molecule has 0 saturated heterocycles. The molecular weight excluding hydrogens is 178 g/mol. The molecule has 0 radical (unpaired) electrons. The number of rotatable bonds is 1. The van der Waals surface area contributed by atoms with Gasteiger partial charge in [-0.15, -0.1) is 0 Å². The van der Waals surface area contributed by atoms with E-state index in [0.29, 0.717) is 5.75 Å². The number of hydrogen-bond acceptors (Lipinski definition) is 3. The van der Waals surface area contributed by atoms with Crippen molar-refractivity contribution in [3.05, 3.63) is 23.3 Å². The van der Waals surface area contributed by atoms with Gasteiger partial charge in [-0.25, -0.2) is 0 Å². The van der Waals surface area contributed by atoms with Gasteiger partial charge in [0, 0.05) is 17.7 Å². The first kappa shape index (κ1) is 9.34. The number of benzene rings is 1. The zero-order valence-electron chi connectivity index (χ0n) is 8.50. The third-order valence-electron chi connectivity index (χ3n) is 2.73. The van der Waals surface area contributed by atoms with Gasteiger partial charge < -0.3 is 15.2 Å². The molecule has 2 N–H and O–H groups in total. The second kappa shape index (κ2) is 3.50. The van der Waals surface area contributed by atoms with Crippen molar-refractivity contribution in [1.29, 1.82) is 0 Å². The minimum Gasteiger partial charge on any atom is -0.507 e. The third-order valence-corrected chi connectivity index (χ3v) is 2.73. The molecule has 2 rings (SSSR count). The summed E-state index contributed by atoms with van der Waals surface area (Å²) in [5.74, 6) is 1.06. The summed E-state index contributed by atoms with van der Waals surface area (Å²) < 4.78 is 5.12. The van der Waals surface area contributed by atoms with Crippen LogP contribution in [0.5, 0.6) is 11.5 Å². The Morgan fingerprint density at radius 2 is 2.29 bits per heavy atom. The molecule has 1 atom stereocenters. The largest absolute Gasteiger partial charge is 0.507 e. The lowest BCUT2D eigenvalue weighted by molar-refractivity contribution is 0.399. The highest BCUT2D eigenvalue weighted by atomic mass is 16.5. The summed E-state index contributed by atoms with van der Waals surface area (Å²) in [7, 11) is 1.62. The Hall–Kier alpha value is -1.22. The molecule has 3 heteroatoms. The van der Waals surface area contributed by atoms with Crippen molar-refractivity contribution < 1.29 is 9.84 Å². The summed E-state index contributed by atoms with van der Waals surface area (Å²) in [6.45, 7) is 3.02. The van der Waals surface area contributed by atoms with Gasteiger partial charge in [-0.3, -0.25) is 0 Å². The summed E-state index contributed by atoms with van der Waals surface area (Å²) in [4.78, 5) is 0. The highest BCUT2D eigenvalue weighted by Gasteiger charge is 2.20. The molecule has 1 unspecified atom stereocenters. The predicted octanol–water partition coefficient (Wildman–Crippen LogP) is 1.61. The molecule has 14 heavy (non-hydrogen) atoms. The lowest BCUT2D eigenvalue weighted by Gasteiger charge is -2.25. The number of aromatic hydroxyl groups is 1. The van der Waals surface area contributed by atoms with Crippen LogP contribution in [-0.4, -0.2) is 18.8 Å². The van der Waals surface area contributed by atoms with Gasteiger partial charge >= 0.3 is 0 Å². The van der Waals surface area contributed by atoms with E-state index in [-0.39, 0.29) is 6.04 Å². The Morgan fingerprint density at radius 1 is 1.50 bits per heavy atom. The number of methoxy groups -OCH3 is 1. The number of ether oxygens (including phenoxy) is 1. The molecule has 0 saturated carbocycles. The lowest BCUT2D eigenvalue weighted by Crippen LogP contribution is -2.27. The maximum Gasteiger partial charge on any atom is 0.124 e. The van der Waals surface area contributed by atoms with Crippen LogP contribution < -0.4 is 10.1 Å². The first-order valence-corrected chi connectivity index (χ1v) is 4.85. The topological polar surface area (TPSA) is 41.5 Å². The monoisotopic (exact) mass is 193 g/mol. The summed E-state index contributed by atoms with van der Waals surface area (Å²) in [5, 5.41) is 13.1. The number of nitrogens with one attached hydrogen (secondary N) is 1. The van der Waals surface area contributed by atoms with Gasteiger partial charge in [0.2, 0.25) is 0 Å². The first-order valence-electron chi connectivity index (χ1n) is 4.85. The van der Waals surface area contributed by atoms with Gasteiger partial charge in [0.15, 0.2) is 0 Å². The molecule has 3 nitrogen and oxygen atoms in total. The second-order valence-corrected chi connectivity index (χ2v) is 3.65. The highest BCUT2D eigenvalue weighted by molar-refractivity contribution is 5.48. The van der Waals surface area contributed by atoms with Crippen molar-refractivity contribution in [2.75, 3.05) is 13.7 Å². The Kier molecular flexibility index (Phi) is 2.33. The summed E-state index contributed by atoms with van der Waals surface area (Å²) in [6.07, 6.45) is 0.949. The maximum atomic E-state index is 9.82. The van der Waals surface area contributed by atoms with E-state index in [9.17, 15) is 5.11 Å². The fraction of sp³-hybridized carbons (Fsp3) is 0.455. The Labute approximate surface area is 83.7 Å². The van der Waals surface area contributed by atoms with Crippen LogP contribution in [-0.2, 0) is 6.42 Å². The minimum atomic E-state index is 0.227. The van der Waals surface area contributed by atoms with E-state index in [1.54, 1.807) is 13.2 Å². The second-order valence-electron chi connectivity index (χ2n) is 3.65. The zero-order chi connectivity index (χ0) is 10.1. The fourth-order valence-electron chi connectivity index (χ4n) is 2.02. The molecule has 76 valence electrons. The van der Waals surface area contributed by atoms with E-state index in [4.69, 9.17) is 4.74 Å². The Morgan fingerprint density at radius 3 is 3.00 bits per heavy atom. The smallest absolute Gasteiger partial charge is 0.124 e. The quantitative estimate of drug-likeness (QED) is 0.712. The molecule has 1 aliphatic rings. The van der Waals surface area contributed by atoms with Crippen molar-refractivity contribution in [1.82, 2.24) is 5.32 Å². The first-order chi connectivity index (χ1) is 6.72. The van der Waals surface area contributed by atoms with Crippen molar-refractivity contribution in [3.63, 3.8) is 0 Å². The van der Waals surface area contributed by atoms with Crippen LogP contribution in [0.1, 0.15) is 24.1 Å². The number of hydrogen-bond donors (Lipinski definition) is 2. The molecule has 0 bridgehead atoms. The van der Waals surface area contributed by atoms with Crippen molar-refractivity contribution >= 4 is 0 Å². The van der Waals surface area contributed by atoms with Gasteiger partial charge in [0.1, 0.15) is 11.5 Å². The Balaban J connectivity index is 2.51. The molecule has 1 aromatic carbocycles. The van der Waals surface area contributed by atoms with E-state index < -0.39 is 0 Å². The van der Waals surface area contributed by atoms with Crippen molar-refractivity contribution in [2.24, 2.45) is 0 Å². The maximum absolute atomic E-state index is 9.82. The van der Waals surface area contributed by atoms with E-state index in [1.807, 2.05) is 6.07 Å². The molecular formula is C11H15NO2. The van der Waals surface area contributed by atoms with Crippen LogP contribution in [0.3, 0.4) is 0 Å². The van der Waals surface area contributed by atoms with Crippen LogP contribution in [0.2, 0.25) is 0 Å². The third kappa shape index (κ3) is 1.44. The number of phenolic OH excluding ortho intramolecular Hbond substituents is 1. The fourth-order valence-corrected chi connectivity index (χ4v) is 2.02. The van der Waals surface area contributed by atoms with Crippen LogP contribution >= 0.6 is 0 Å². The van der Waals surface area contributed by atoms with Gasteiger partial charge in [-0.1, -0.05) is 0 Å². The standard InChI is InChI=1S/C11H15NO2/c1-7-11-8(3-4-12-7)5-9(14-2)6-10(11)13/h5-7,12-13H,3-4H2,1-2H3. The van der Waals surface area contributed by atoms with Gasteiger partial charge in [0.05, 0.1) is 7.11 Å². The molecule has 1 heterocycles. The van der Waals surface area contributed by atoms with E-state index in [0.717, 1.165) is 24.3 Å². The van der Waals surface area contributed by atoms with Gasteiger partial charge in [-0.05, 0) is 31.5 Å². The van der Waals surface area contributed by atoms with Crippen LogP contribution in [0, 0.1) is 0 Å². The molecule has 1 aromatic rings. The highest BCUT2D eigenvalue weighted by Crippen LogP contribution is 2.34. The van der Waals surface area contributed by atoms with Gasteiger partial charge in [-0.2, -0.15) is 0 Å². The molecule has 0 fully saturated rings. The van der Waals surface area contributed by atoms with Crippen LogP contribution in [0.15, 0.2) is 12.1 Å². The number of fused-ring (bicyclic) bond motifs is 1. The van der Waals surface area contributed by atoms with E-state index in [1.165, 1.54) is 5.56 Å². The van der Waals surface area contributed by atoms with Crippen molar-refractivity contribution in [2.45, 2.75) is 19.4 Å². The molecule has 1 aliphatic heterocycles. The van der Waals surface area contributed by atoms with E-state index in [2.05, 4.69) is 12.2 Å². The molecule has 0 spiro atoms. The lowest BCUT2D eigenvalue weighted by atomic mass is 9.94. The summed E-state index contributed by atoms with van der Waals surface area (Å²) in [5.41, 5.74) is 2.20. The van der Waals surface area contributed by atoms with Crippen LogP contribution in [0.25, 0.3) is 0 Å². The zero-order valence-corrected chi connectivity index (χ0v) is 8.50.